The minimum absolute atomic E-state index is 0. The third kappa shape index (κ3) is 18.5. The average molecular weight is 231 g/mol. The molecule has 0 aromatic heterocycles. The summed E-state index contributed by atoms with van der Waals surface area (Å²) in [5.41, 5.74) is 0. The molecule has 0 aromatic carbocycles. The first kappa shape index (κ1) is 23.6. The summed E-state index contributed by atoms with van der Waals surface area (Å²) in [6.45, 7) is 4.75. The Labute approximate surface area is 134 Å². The van der Waals surface area contributed by atoms with E-state index in [9.17, 15) is 0 Å². The van der Waals surface area contributed by atoms with Crippen LogP contribution in [0.25, 0.3) is 0 Å². The van der Waals surface area contributed by atoms with Gasteiger partial charge in [0.15, 0.2) is 0 Å². The van der Waals surface area contributed by atoms with E-state index < -0.39 is 0 Å². The summed E-state index contributed by atoms with van der Waals surface area (Å²) in [4.78, 5) is 0. The molecule has 0 aliphatic heterocycles. The molecular weight excluding hydrogens is 231 g/mol. The van der Waals surface area contributed by atoms with E-state index in [0.29, 0.717) is 0 Å². The van der Waals surface area contributed by atoms with Crippen molar-refractivity contribution in [3.05, 3.63) is 6.57 Å². The van der Waals surface area contributed by atoms with Crippen LogP contribution in [0.5, 0.6) is 0 Å². The minimum Gasteiger partial charge on any atom is -1.00 e. The van der Waals surface area contributed by atoms with Crippen molar-refractivity contribution in [3.8, 4) is 0 Å². The van der Waals surface area contributed by atoms with Crippen LogP contribution in [-0.2, 0) is 0 Å². The van der Waals surface area contributed by atoms with Crippen LogP contribution in [-0.4, -0.2) is 0 Å². The largest absolute Gasteiger partial charge is 1.00 e. The molecule has 0 unspecified atom stereocenters. The van der Waals surface area contributed by atoms with Crippen LogP contribution in [0.15, 0.2) is 0 Å². The third-order valence-electron chi connectivity index (χ3n) is 0. The molecule has 18 valence electrons. The van der Waals surface area contributed by atoms with E-state index in [0.717, 1.165) is 0 Å². The zero-order valence-electron chi connectivity index (χ0n) is 3.33. The number of nitrogens with zero attached hydrogens (tertiary/aromatic N) is 1. The molecule has 0 aromatic rings. The van der Waals surface area contributed by atoms with Crippen LogP contribution < -0.4 is 127 Å². The zero-order chi connectivity index (χ0) is 2.00. The van der Waals surface area contributed by atoms with Gasteiger partial charge in [0.05, 0.1) is 0 Å². The third-order valence-corrected chi connectivity index (χ3v) is 0. The Morgan fingerprint density at radius 3 is 1.00 bits per heavy atom. The first-order valence-corrected chi connectivity index (χ1v) is 0.224. The summed E-state index contributed by atoms with van der Waals surface area (Å²) in [5.74, 6) is 0. The summed E-state index contributed by atoms with van der Waals surface area (Å²) in [7, 11) is 0. The van der Waals surface area contributed by atoms with Crippen molar-refractivity contribution in [1.29, 1.82) is 5.26 Å². The van der Waals surface area contributed by atoms with Gasteiger partial charge < -0.3 is 35.8 Å². The smallest absolute Gasteiger partial charge is 1.00 e. The van der Waals surface area contributed by atoms with E-state index in [1.165, 1.54) is 0 Å². The molecule has 4 heteroatoms. The maximum Gasteiger partial charge on any atom is 1.00 e. The molecule has 0 saturated heterocycles. The van der Waals surface area contributed by atoms with Crippen molar-refractivity contribution >= 4 is 0 Å². The monoisotopic (exact) mass is 231 g/mol. The molecule has 0 spiro atoms. The Bertz CT molecular complexity index is 14.4. The van der Waals surface area contributed by atoms with Crippen LogP contribution in [0.2, 0.25) is 0 Å². The van der Waals surface area contributed by atoms with Crippen molar-refractivity contribution in [2.75, 3.05) is 0 Å². The summed E-state index contributed by atoms with van der Waals surface area (Å²) in [6.07, 6.45) is 0. The molecule has 0 radical (unpaired) electrons. The number of hydrogen-bond donors (Lipinski definition) is 0. The Kier molecular flexibility index (Phi) is 122. The summed E-state index contributed by atoms with van der Waals surface area (Å²) in [5, 5.41) is 6.25. The number of rotatable bonds is 0. The topological polar surface area (TPSA) is 23.8 Å². The van der Waals surface area contributed by atoms with E-state index in [1.54, 1.807) is 0 Å². The molecule has 0 N–H and O–H groups in total. The second-order valence-electron chi connectivity index (χ2n) is 0. The van der Waals surface area contributed by atoms with Gasteiger partial charge in [-0.2, -0.15) is 0 Å². The average Bonchev–Trinajstić information content (AvgIpc) is 1.00. The van der Waals surface area contributed by atoms with Crippen LogP contribution in [0, 0.1) is 11.8 Å². The van der Waals surface area contributed by atoms with Gasteiger partial charge in [-0.1, -0.05) is 0 Å². The van der Waals surface area contributed by atoms with Crippen molar-refractivity contribution in [1.82, 2.24) is 0 Å². The Morgan fingerprint density at radius 2 is 1.00 bits per heavy atom. The summed E-state index contributed by atoms with van der Waals surface area (Å²) in [6, 6.07) is 0. The minimum atomic E-state index is 0. The second-order valence-corrected chi connectivity index (χ2v) is 0. The molecule has 5 heavy (non-hydrogen) atoms. The SMILES string of the molecule is [C-]#N.[I-].[K+].[K+]. The molecule has 0 fully saturated rings. The quantitative estimate of drug-likeness (QED) is 0.231. The van der Waals surface area contributed by atoms with Crippen LogP contribution in [0.1, 0.15) is 0 Å². The fraction of sp³-hybridized carbons (Fsp3) is 0. The van der Waals surface area contributed by atoms with Crippen molar-refractivity contribution in [2.45, 2.75) is 0 Å². The van der Waals surface area contributed by atoms with Gasteiger partial charge in [0.1, 0.15) is 0 Å². The van der Waals surface area contributed by atoms with E-state index in [-0.39, 0.29) is 127 Å². The molecule has 0 heterocycles. The van der Waals surface area contributed by atoms with Gasteiger partial charge in [0, 0.05) is 0 Å². The molecular formula is CIK2N. The maximum atomic E-state index is 6.25. The van der Waals surface area contributed by atoms with E-state index in [1.807, 2.05) is 0 Å². The van der Waals surface area contributed by atoms with Crippen molar-refractivity contribution in [3.63, 3.8) is 0 Å². The molecule has 0 bridgehead atoms. The van der Waals surface area contributed by atoms with Crippen LogP contribution in [0.4, 0.5) is 0 Å². The molecule has 0 aliphatic carbocycles. The molecule has 0 amide bonds. The second kappa shape index (κ2) is 25.9. The predicted octanol–water partition coefficient (Wildman–Crippen LogP) is -8.89. The normalized spacial score (nSPS) is 0.400. The molecule has 1 nitrogen and oxygen atoms in total. The fourth-order valence-corrected chi connectivity index (χ4v) is 0. The summed E-state index contributed by atoms with van der Waals surface area (Å²) < 4.78 is 0. The Balaban J connectivity index is -0.00000000167. The fourth-order valence-electron chi connectivity index (χ4n) is 0. The zero-order valence-corrected chi connectivity index (χ0v) is 11.7. The number of halogens is 1. The molecule has 0 rings (SSSR count). The molecule has 0 saturated carbocycles. The first-order valence-electron chi connectivity index (χ1n) is 0.224. The molecule has 0 atom stereocenters. The van der Waals surface area contributed by atoms with Crippen molar-refractivity contribution in [2.24, 2.45) is 0 Å². The Hall–Kier alpha value is 3.49. The van der Waals surface area contributed by atoms with Gasteiger partial charge >= 0.3 is 103 Å². The summed E-state index contributed by atoms with van der Waals surface area (Å²) >= 11 is 0. The van der Waals surface area contributed by atoms with Gasteiger partial charge in [-0.15, -0.1) is 0 Å². The number of hydrogen-bond acceptors (Lipinski definition) is 1. The first-order chi connectivity index (χ1) is 1.00. The maximum absolute atomic E-state index is 6.25. The van der Waals surface area contributed by atoms with Gasteiger partial charge in [0.2, 0.25) is 0 Å². The molecule has 0 aliphatic rings. The van der Waals surface area contributed by atoms with Crippen LogP contribution >= 0.6 is 0 Å². The Morgan fingerprint density at radius 1 is 1.00 bits per heavy atom. The van der Waals surface area contributed by atoms with Crippen molar-refractivity contribution < 1.29 is 127 Å². The standard InChI is InChI=1S/CN.HI.2K/c1-2;;;/h;1H;;/q-1;;2*+1/p-1. The van der Waals surface area contributed by atoms with Gasteiger partial charge in [-0.05, 0) is 0 Å². The van der Waals surface area contributed by atoms with E-state index in [2.05, 4.69) is 0 Å². The predicted molar refractivity (Wildman–Crippen MR) is 4.97 cm³/mol. The van der Waals surface area contributed by atoms with Gasteiger partial charge in [-0.25, -0.2) is 0 Å². The van der Waals surface area contributed by atoms with E-state index in [4.69, 9.17) is 11.8 Å². The van der Waals surface area contributed by atoms with E-state index >= 15 is 0 Å². The van der Waals surface area contributed by atoms with Gasteiger partial charge in [0.25, 0.3) is 0 Å². The van der Waals surface area contributed by atoms with Gasteiger partial charge in [-0.3, -0.25) is 0 Å². The van der Waals surface area contributed by atoms with Crippen LogP contribution in [0.3, 0.4) is 0 Å².